The summed E-state index contributed by atoms with van der Waals surface area (Å²) in [6.45, 7) is 2.93. The Morgan fingerprint density at radius 3 is 2.72 bits per heavy atom. The van der Waals surface area contributed by atoms with Gasteiger partial charge in [-0.1, -0.05) is 25.0 Å². The minimum atomic E-state index is 0.144. The van der Waals surface area contributed by atoms with Crippen LogP contribution in [0.15, 0.2) is 12.2 Å². The first-order chi connectivity index (χ1) is 8.90. The zero-order valence-corrected chi connectivity index (χ0v) is 11.4. The third-order valence-corrected chi connectivity index (χ3v) is 4.12. The van der Waals surface area contributed by atoms with Gasteiger partial charge in [-0.05, 0) is 32.1 Å². The highest BCUT2D eigenvalue weighted by Crippen LogP contribution is 2.21. The fourth-order valence-electron chi connectivity index (χ4n) is 3.04. The van der Waals surface area contributed by atoms with Gasteiger partial charge in [0.05, 0.1) is 19.3 Å². The molecule has 1 atom stereocenters. The van der Waals surface area contributed by atoms with Crippen molar-refractivity contribution in [3.05, 3.63) is 12.2 Å². The van der Waals surface area contributed by atoms with Gasteiger partial charge in [0.25, 0.3) is 0 Å². The van der Waals surface area contributed by atoms with Gasteiger partial charge in [-0.25, -0.2) is 0 Å². The minimum absolute atomic E-state index is 0.144. The monoisotopic (exact) mass is 253 g/mol. The predicted octanol–water partition coefficient (Wildman–Crippen LogP) is 2.35. The molecule has 0 saturated carbocycles. The molecule has 0 amide bonds. The van der Waals surface area contributed by atoms with E-state index < -0.39 is 0 Å². The zero-order chi connectivity index (χ0) is 12.6. The van der Waals surface area contributed by atoms with E-state index in [4.69, 9.17) is 9.84 Å². The standard InChI is InChI=1S/C15H27NO2/c17-12-13-18-15-8-10-16(11-9-15)14-6-4-2-1-3-5-7-14/h4,6,14-15,17H,1-3,5,7-13H2/b6-4+. The molecule has 1 fully saturated rings. The van der Waals surface area contributed by atoms with E-state index in [1.807, 2.05) is 0 Å². The number of aliphatic hydroxyl groups excluding tert-OH is 1. The second kappa shape index (κ2) is 7.93. The lowest BCUT2D eigenvalue weighted by Gasteiger charge is -2.36. The number of hydrogen-bond acceptors (Lipinski definition) is 3. The van der Waals surface area contributed by atoms with Crippen molar-refractivity contribution in [1.82, 2.24) is 4.90 Å². The quantitative estimate of drug-likeness (QED) is 0.781. The van der Waals surface area contributed by atoms with Crippen LogP contribution in [0.4, 0.5) is 0 Å². The number of allylic oxidation sites excluding steroid dienone is 1. The van der Waals surface area contributed by atoms with E-state index in [0.29, 0.717) is 18.8 Å². The maximum absolute atomic E-state index is 8.77. The van der Waals surface area contributed by atoms with Crippen molar-refractivity contribution in [2.75, 3.05) is 26.3 Å². The molecule has 0 aromatic carbocycles. The fourth-order valence-corrected chi connectivity index (χ4v) is 3.04. The number of ether oxygens (including phenoxy) is 1. The van der Waals surface area contributed by atoms with E-state index in [2.05, 4.69) is 17.1 Å². The molecule has 2 rings (SSSR count). The summed E-state index contributed by atoms with van der Waals surface area (Å²) in [5, 5.41) is 8.77. The van der Waals surface area contributed by atoms with Gasteiger partial charge >= 0.3 is 0 Å². The molecule has 2 aliphatic rings. The lowest BCUT2D eigenvalue weighted by Crippen LogP contribution is -2.43. The molecule has 1 saturated heterocycles. The van der Waals surface area contributed by atoms with Crippen molar-refractivity contribution >= 4 is 0 Å². The molecule has 1 aliphatic carbocycles. The van der Waals surface area contributed by atoms with E-state index in [9.17, 15) is 0 Å². The van der Waals surface area contributed by atoms with E-state index in [-0.39, 0.29) is 6.61 Å². The molecule has 1 N–H and O–H groups in total. The largest absolute Gasteiger partial charge is 0.394 e. The highest BCUT2D eigenvalue weighted by Gasteiger charge is 2.23. The molecule has 1 heterocycles. The Labute approximate surface area is 111 Å². The molecule has 0 bridgehead atoms. The van der Waals surface area contributed by atoms with Gasteiger partial charge in [0, 0.05) is 19.1 Å². The topological polar surface area (TPSA) is 32.7 Å². The van der Waals surface area contributed by atoms with Gasteiger partial charge in [-0.15, -0.1) is 0 Å². The van der Waals surface area contributed by atoms with Gasteiger partial charge in [0.1, 0.15) is 0 Å². The summed E-state index contributed by atoms with van der Waals surface area (Å²) >= 11 is 0. The lowest BCUT2D eigenvalue weighted by molar-refractivity contribution is -0.0126. The van der Waals surface area contributed by atoms with E-state index in [0.717, 1.165) is 25.9 Å². The van der Waals surface area contributed by atoms with Gasteiger partial charge in [0.15, 0.2) is 0 Å². The molecule has 3 nitrogen and oxygen atoms in total. The van der Waals surface area contributed by atoms with Crippen molar-refractivity contribution in [3.63, 3.8) is 0 Å². The molecule has 0 aromatic heterocycles. The number of hydrogen-bond donors (Lipinski definition) is 1. The van der Waals surface area contributed by atoms with Crippen LogP contribution in [0.3, 0.4) is 0 Å². The molecule has 1 aliphatic heterocycles. The van der Waals surface area contributed by atoms with E-state index >= 15 is 0 Å². The first-order valence-electron chi connectivity index (χ1n) is 7.53. The molecule has 3 heteroatoms. The highest BCUT2D eigenvalue weighted by atomic mass is 16.5. The molecule has 104 valence electrons. The van der Waals surface area contributed by atoms with Crippen molar-refractivity contribution in [3.8, 4) is 0 Å². The Kier molecular flexibility index (Phi) is 6.18. The third kappa shape index (κ3) is 4.38. The van der Waals surface area contributed by atoms with Crippen LogP contribution >= 0.6 is 0 Å². The van der Waals surface area contributed by atoms with Crippen LogP contribution in [0, 0.1) is 0 Å². The second-order valence-electron chi connectivity index (χ2n) is 5.46. The summed E-state index contributed by atoms with van der Waals surface area (Å²) in [7, 11) is 0. The molecule has 18 heavy (non-hydrogen) atoms. The number of rotatable bonds is 4. The highest BCUT2D eigenvalue weighted by molar-refractivity contribution is 4.97. The SMILES string of the molecule is OCCOC1CCN(C2/C=C/CCCCC2)CC1. The number of piperidine rings is 1. The fraction of sp³-hybridized carbons (Fsp3) is 0.867. The van der Waals surface area contributed by atoms with Gasteiger partial charge in [0.2, 0.25) is 0 Å². The Morgan fingerprint density at radius 1 is 1.11 bits per heavy atom. The normalized spacial score (nSPS) is 29.7. The molecular formula is C15H27NO2. The van der Waals surface area contributed by atoms with Crippen LogP contribution in [0.25, 0.3) is 0 Å². The lowest BCUT2D eigenvalue weighted by atomic mass is 9.98. The van der Waals surface area contributed by atoms with Crippen LogP contribution in [-0.4, -0.2) is 48.5 Å². The molecule has 0 aromatic rings. The van der Waals surface area contributed by atoms with E-state index in [1.165, 1.54) is 32.1 Å². The van der Waals surface area contributed by atoms with Gasteiger partial charge in [-0.3, -0.25) is 4.90 Å². The zero-order valence-electron chi connectivity index (χ0n) is 11.4. The first kappa shape index (κ1) is 14.0. The molecule has 0 spiro atoms. The number of aliphatic hydroxyl groups is 1. The summed E-state index contributed by atoms with van der Waals surface area (Å²) in [5.41, 5.74) is 0. The van der Waals surface area contributed by atoms with Crippen LogP contribution in [0.1, 0.15) is 44.9 Å². The maximum Gasteiger partial charge on any atom is 0.0701 e. The maximum atomic E-state index is 8.77. The summed E-state index contributed by atoms with van der Waals surface area (Å²) in [6, 6.07) is 0.657. The third-order valence-electron chi connectivity index (χ3n) is 4.12. The second-order valence-corrected chi connectivity index (χ2v) is 5.46. The number of nitrogens with zero attached hydrogens (tertiary/aromatic N) is 1. The Morgan fingerprint density at radius 2 is 1.94 bits per heavy atom. The smallest absolute Gasteiger partial charge is 0.0701 e. The molecular weight excluding hydrogens is 226 g/mol. The van der Waals surface area contributed by atoms with Gasteiger partial charge in [-0.2, -0.15) is 0 Å². The van der Waals surface area contributed by atoms with Gasteiger partial charge < -0.3 is 9.84 Å². The average Bonchev–Trinajstić information content (AvgIpc) is 2.37. The van der Waals surface area contributed by atoms with Crippen molar-refractivity contribution < 1.29 is 9.84 Å². The Balaban J connectivity index is 1.75. The minimum Gasteiger partial charge on any atom is -0.394 e. The average molecular weight is 253 g/mol. The van der Waals surface area contributed by atoms with Crippen molar-refractivity contribution in [2.45, 2.75) is 57.1 Å². The van der Waals surface area contributed by atoms with Crippen LogP contribution in [-0.2, 0) is 4.74 Å². The number of likely N-dealkylation sites (tertiary alicyclic amines) is 1. The first-order valence-corrected chi connectivity index (χ1v) is 7.53. The van der Waals surface area contributed by atoms with E-state index in [1.54, 1.807) is 0 Å². The molecule has 1 unspecified atom stereocenters. The summed E-state index contributed by atoms with van der Waals surface area (Å²) in [5.74, 6) is 0. The summed E-state index contributed by atoms with van der Waals surface area (Å²) < 4.78 is 5.62. The predicted molar refractivity (Wildman–Crippen MR) is 73.6 cm³/mol. The Hall–Kier alpha value is -0.380. The van der Waals surface area contributed by atoms with Crippen molar-refractivity contribution in [1.29, 1.82) is 0 Å². The van der Waals surface area contributed by atoms with Crippen LogP contribution in [0.2, 0.25) is 0 Å². The summed E-state index contributed by atoms with van der Waals surface area (Å²) in [4.78, 5) is 2.61. The van der Waals surface area contributed by atoms with Crippen LogP contribution in [0.5, 0.6) is 0 Å². The summed E-state index contributed by atoms with van der Waals surface area (Å²) in [6.07, 6.45) is 14.1. The molecule has 0 radical (unpaired) electrons. The van der Waals surface area contributed by atoms with Crippen LogP contribution < -0.4 is 0 Å². The Bertz CT molecular complexity index is 247. The van der Waals surface area contributed by atoms with Crippen molar-refractivity contribution in [2.24, 2.45) is 0 Å².